The summed E-state index contributed by atoms with van der Waals surface area (Å²) in [7, 11) is 0. The fraction of sp³-hybridized carbons (Fsp3) is 0.462. The molecule has 1 atom stereocenters. The molecule has 0 spiro atoms. The summed E-state index contributed by atoms with van der Waals surface area (Å²) in [5.74, 6) is 0.682. The van der Waals surface area contributed by atoms with E-state index in [0.29, 0.717) is 11.5 Å². The number of nitrogens with one attached hydrogen (secondary N) is 1. The van der Waals surface area contributed by atoms with Crippen LogP contribution in [0.1, 0.15) is 35.7 Å². The minimum absolute atomic E-state index is 0.00231. The van der Waals surface area contributed by atoms with Crippen molar-refractivity contribution in [2.75, 3.05) is 5.73 Å². The first kappa shape index (κ1) is 11.0. The average Bonchev–Trinajstić information content (AvgIpc) is 3.05. The number of amides is 1. The number of hydrogen-bond acceptors (Lipinski definition) is 2. The first-order valence-electron chi connectivity index (χ1n) is 5.75. The van der Waals surface area contributed by atoms with Crippen LogP contribution in [0.2, 0.25) is 0 Å². The van der Waals surface area contributed by atoms with Gasteiger partial charge in [0.25, 0.3) is 5.91 Å². The van der Waals surface area contributed by atoms with Gasteiger partial charge in [0, 0.05) is 17.3 Å². The standard InChI is InChI=1S/C13H18N2O/c1-8-7-11(5-6-12(8)14)13(16)15-9(2)10-3-4-10/h5-7,9-10H,3-4,14H2,1-2H3,(H,15,16). The monoisotopic (exact) mass is 218 g/mol. The van der Waals surface area contributed by atoms with Gasteiger partial charge in [-0.2, -0.15) is 0 Å². The zero-order valence-corrected chi connectivity index (χ0v) is 9.79. The lowest BCUT2D eigenvalue weighted by molar-refractivity contribution is 0.0936. The van der Waals surface area contributed by atoms with Crippen molar-refractivity contribution >= 4 is 11.6 Å². The van der Waals surface area contributed by atoms with Crippen molar-refractivity contribution in [2.45, 2.75) is 32.7 Å². The predicted octanol–water partition coefficient (Wildman–Crippen LogP) is 2.11. The van der Waals surface area contributed by atoms with E-state index < -0.39 is 0 Å². The highest BCUT2D eigenvalue weighted by molar-refractivity contribution is 5.95. The second-order valence-electron chi connectivity index (χ2n) is 4.67. The molecule has 3 N–H and O–H groups in total. The number of carbonyl (C=O) groups excluding carboxylic acids is 1. The van der Waals surface area contributed by atoms with Gasteiger partial charge < -0.3 is 11.1 Å². The predicted molar refractivity (Wildman–Crippen MR) is 65.2 cm³/mol. The van der Waals surface area contributed by atoms with E-state index in [2.05, 4.69) is 12.2 Å². The van der Waals surface area contributed by atoms with Crippen LogP contribution in [-0.4, -0.2) is 11.9 Å². The highest BCUT2D eigenvalue weighted by atomic mass is 16.1. The van der Waals surface area contributed by atoms with E-state index in [-0.39, 0.29) is 11.9 Å². The van der Waals surface area contributed by atoms with E-state index in [9.17, 15) is 4.79 Å². The molecular formula is C13H18N2O. The molecule has 3 heteroatoms. The number of nitrogen functional groups attached to an aromatic ring is 1. The van der Waals surface area contributed by atoms with Crippen LogP contribution in [0, 0.1) is 12.8 Å². The van der Waals surface area contributed by atoms with Crippen LogP contribution in [0.25, 0.3) is 0 Å². The second-order valence-corrected chi connectivity index (χ2v) is 4.67. The highest BCUT2D eigenvalue weighted by Crippen LogP contribution is 2.32. The van der Waals surface area contributed by atoms with Gasteiger partial charge in [0.2, 0.25) is 0 Å². The van der Waals surface area contributed by atoms with Gasteiger partial charge in [-0.3, -0.25) is 4.79 Å². The molecule has 0 saturated heterocycles. The molecule has 0 aromatic heterocycles. The molecule has 1 aliphatic carbocycles. The van der Waals surface area contributed by atoms with E-state index >= 15 is 0 Å². The first-order valence-corrected chi connectivity index (χ1v) is 5.75. The van der Waals surface area contributed by atoms with Gasteiger partial charge in [-0.25, -0.2) is 0 Å². The molecule has 1 aliphatic rings. The van der Waals surface area contributed by atoms with Crippen LogP contribution in [0.4, 0.5) is 5.69 Å². The Hall–Kier alpha value is -1.51. The number of anilines is 1. The molecular weight excluding hydrogens is 200 g/mol. The van der Waals surface area contributed by atoms with Gasteiger partial charge >= 0.3 is 0 Å². The summed E-state index contributed by atoms with van der Waals surface area (Å²) in [6.45, 7) is 3.98. The number of carbonyl (C=O) groups is 1. The van der Waals surface area contributed by atoms with Crippen molar-refractivity contribution in [3.05, 3.63) is 29.3 Å². The quantitative estimate of drug-likeness (QED) is 0.763. The van der Waals surface area contributed by atoms with E-state index in [1.165, 1.54) is 12.8 Å². The average molecular weight is 218 g/mol. The third kappa shape index (κ3) is 2.35. The Kier molecular flexibility index (Phi) is 2.86. The number of benzene rings is 1. The molecule has 0 aliphatic heterocycles. The topological polar surface area (TPSA) is 55.1 Å². The lowest BCUT2D eigenvalue weighted by atomic mass is 10.1. The summed E-state index contributed by atoms with van der Waals surface area (Å²) in [6.07, 6.45) is 2.48. The zero-order chi connectivity index (χ0) is 11.7. The minimum Gasteiger partial charge on any atom is -0.399 e. The SMILES string of the molecule is Cc1cc(C(=O)NC(C)C2CC2)ccc1N. The molecule has 2 rings (SSSR count). The molecule has 1 fully saturated rings. The van der Waals surface area contributed by atoms with E-state index in [4.69, 9.17) is 5.73 Å². The Morgan fingerprint density at radius 2 is 2.19 bits per heavy atom. The van der Waals surface area contributed by atoms with Crippen LogP contribution in [0.5, 0.6) is 0 Å². The minimum atomic E-state index is 0.00231. The van der Waals surface area contributed by atoms with Crippen LogP contribution < -0.4 is 11.1 Å². The number of aryl methyl sites for hydroxylation is 1. The van der Waals surface area contributed by atoms with Gasteiger partial charge in [-0.05, 0) is 56.4 Å². The normalized spacial score (nSPS) is 16.9. The van der Waals surface area contributed by atoms with Crippen molar-refractivity contribution in [3.8, 4) is 0 Å². The molecule has 16 heavy (non-hydrogen) atoms. The smallest absolute Gasteiger partial charge is 0.251 e. The van der Waals surface area contributed by atoms with Gasteiger partial charge in [-0.1, -0.05) is 0 Å². The fourth-order valence-electron chi connectivity index (χ4n) is 1.82. The van der Waals surface area contributed by atoms with E-state index in [0.717, 1.165) is 11.3 Å². The highest BCUT2D eigenvalue weighted by Gasteiger charge is 2.29. The van der Waals surface area contributed by atoms with Gasteiger partial charge in [0.05, 0.1) is 0 Å². The molecule has 1 aromatic carbocycles. The summed E-state index contributed by atoms with van der Waals surface area (Å²) in [5.41, 5.74) is 8.09. The van der Waals surface area contributed by atoms with Gasteiger partial charge in [0.15, 0.2) is 0 Å². The molecule has 3 nitrogen and oxygen atoms in total. The van der Waals surface area contributed by atoms with Crippen LogP contribution in [0.3, 0.4) is 0 Å². The summed E-state index contributed by atoms with van der Waals surface area (Å²) in [6, 6.07) is 5.68. The van der Waals surface area contributed by atoms with Crippen molar-refractivity contribution in [3.63, 3.8) is 0 Å². The lowest BCUT2D eigenvalue weighted by Gasteiger charge is -2.13. The molecule has 1 saturated carbocycles. The van der Waals surface area contributed by atoms with E-state index in [1.54, 1.807) is 12.1 Å². The molecule has 1 aromatic rings. The number of rotatable bonds is 3. The zero-order valence-electron chi connectivity index (χ0n) is 9.79. The second kappa shape index (κ2) is 4.16. The maximum absolute atomic E-state index is 11.9. The maximum atomic E-state index is 11.9. The van der Waals surface area contributed by atoms with Crippen molar-refractivity contribution in [2.24, 2.45) is 5.92 Å². The van der Waals surface area contributed by atoms with Gasteiger partial charge in [0.1, 0.15) is 0 Å². The largest absolute Gasteiger partial charge is 0.399 e. The lowest BCUT2D eigenvalue weighted by Crippen LogP contribution is -2.34. The van der Waals surface area contributed by atoms with Crippen molar-refractivity contribution in [1.82, 2.24) is 5.32 Å². The molecule has 0 heterocycles. The third-order valence-corrected chi connectivity index (χ3v) is 3.22. The van der Waals surface area contributed by atoms with E-state index in [1.807, 2.05) is 13.0 Å². The van der Waals surface area contributed by atoms with Crippen molar-refractivity contribution < 1.29 is 4.79 Å². The van der Waals surface area contributed by atoms with Gasteiger partial charge in [-0.15, -0.1) is 0 Å². The number of hydrogen-bond donors (Lipinski definition) is 2. The first-order chi connectivity index (χ1) is 7.58. The third-order valence-electron chi connectivity index (χ3n) is 3.22. The van der Waals surface area contributed by atoms with Crippen molar-refractivity contribution in [1.29, 1.82) is 0 Å². The molecule has 86 valence electrons. The Morgan fingerprint density at radius 1 is 1.50 bits per heavy atom. The molecule has 0 radical (unpaired) electrons. The van der Waals surface area contributed by atoms with Crippen LogP contribution >= 0.6 is 0 Å². The summed E-state index contributed by atoms with van der Waals surface area (Å²) < 4.78 is 0. The Morgan fingerprint density at radius 3 is 2.75 bits per heavy atom. The fourth-order valence-corrected chi connectivity index (χ4v) is 1.82. The number of nitrogens with two attached hydrogens (primary N) is 1. The summed E-state index contributed by atoms with van der Waals surface area (Å²) in [4.78, 5) is 11.9. The maximum Gasteiger partial charge on any atom is 0.251 e. The molecule has 1 amide bonds. The molecule has 0 bridgehead atoms. The Balaban J connectivity index is 2.05. The summed E-state index contributed by atoms with van der Waals surface area (Å²) in [5, 5.41) is 3.03. The van der Waals surface area contributed by atoms with Crippen LogP contribution in [-0.2, 0) is 0 Å². The Bertz CT molecular complexity index is 410. The summed E-state index contributed by atoms with van der Waals surface area (Å²) >= 11 is 0. The Labute approximate surface area is 96.0 Å². The molecule has 1 unspecified atom stereocenters. The van der Waals surface area contributed by atoms with Crippen LogP contribution in [0.15, 0.2) is 18.2 Å².